The van der Waals surface area contributed by atoms with Crippen LogP contribution in [0.1, 0.15) is 29.0 Å². The molecule has 0 atom stereocenters. The monoisotopic (exact) mass is 395 g/mol. The molecule has 1 aromatic heterocycles. The highest BCUT2D eigenvalue weighted by molar-refractivity contribution is 9.10. The standard InChI is InChI=1S/C20H18BrN3O/c21-17-9-2-1-8-16(17)20(25)22-15-7-5-6-14(12-15)18-13-24-11-4-3-10-19(24)23-18/h1-2,5-9,12-13H,3-4,10-11H2,(H,22,25). The van der Waals surface area contributed by atoms with Gasteiger partial charge in [-0.05, 0) is 53.0 Å². The van der Waals surface area contributed by atoms with Crippen LogP contribution in [0, 0.1) is 0 Å². The van der Waals surface area contributed by atoms with Crippen molar-refractivity contribution in [2.45, 2.75) is 25.8 Å². The molecule has 0 aliphatic carbocycles. The molecule has 4 nitrogen and oxygen atoms in total. The molecule has 1 aliphatic rings. The van der Waals surface area contributed by atoms with Gasteiger partial charge in [-0.3, -0.25) is 4.79 Å². The van der Waals surface area contributed by atoms with E-state index in [9.17, 15) is 4.79 Å². The van der Waals surface area contributed by atoms with Gasteiger partial charge in [0.2, 0.25) is 0 Å². The highest BCUT2D eigenvalue weighted by atomic mass is 79.9. The topological polar surface area (TPSA) is 46.9 Å². The molecule has 2 heterocycles. The average molecular weight is 396 g/mol. The fourth-order valence-electron chi connectivity index (χ4n) is 3.15. The fraction of sp³-hybridized carbons (Fsp3) is 0.200. The Morgan fingerprint density at radius 2 is 2.00 bits per heavy atom. The number of fused-ring (bicyclic) bond motifs is 1. The van der Waals surface area contributed by atoms with Crippen LogP contribution in [-0.2, 0) is 13.0 Å². The smallest absolute Gasteiger partial charge is 0.256 e. The average Bonchev–Trinajstić information content (AvgIpc) is 3.06. The zero-order chi connectivity index (χ0) is 17.2. The number of carbonyl (C=O) groups is 1. The molecule has 4 rings (SSSR count). The molecule has 0 fully saturated rings. The summed E-state index contributed by atoms with van der Waals surface area (Å²) in [6.07, 6.45) is 5.57. The summed E-state index contributed by atoms with van der Waals surface area (Å²) in [5, 5.41) is 2.97. The van der Waals surface area contributed by atoms with Crippen LogP contribution in [0.3, 0.4) is 0 Å². The van der Waals surface area contributed by atoms with Crippen LogP contribution in [0.5, 0.6) is 0 Å². The first-order valence-electron chi connectivity index (χ1n) is 8.43. The van der Waals surface area contributed by atoms with Gasteiger partial charge in [-0.25, -0.2) is 4.98 Å². The number of rotatable bonds is 3. The van der Waals surface area contributed by atoms with Crippen LogP contribution < -0.4 is 5.32 Å². The van der Waals surface area contributed by atoms with Crippen molar-refractivity contribution in [1.82, 2.24) is 9.55 Å². The van der Waals surface area contributed by atoms with Crippen LogP contribution in [0.15, 0.2) is 59.2 Å². The number of hydrogen-bond donors (Lipinski definition) is 1. The summed E-state index contributed by atoms with van der Waals surface area (Å²) in [5.74, 6) is 1.03. The number of amides is 1. The zero-order valence-corrected chi connectivity index (χ0v) is 15.3. The zero-order valence-electron chi connectivity index (χ0n) is 13.7. The molecule has 0 saturated carbocycles. The molecular weight excluding hydrogens is 378 g/mol. The normalized spacial score (nSPS) is 13.3. The van der Waals surface area contributed by atoms with Crippen molar-refractivity contribution in [3.63, 3.8) is 0 Å². The molecule has 3 aromatic rings. The van der Waals surface area contributed by atoms with Gasteiger partial charge in [-0.1, -0.05) is 24.3 Å². The van der Waals surface area contributed by atoms with Gasteiger partial charge in [0, 0.05) is 34.9 Å². The predicted octanol–water partition coefficient (Wildman–Crippen LogP) is 4.90. The number of halogens is 1. The second-order valence-corrected chi connectivity index (χ2v) is 7.06. The number of anilines is 1. The van der Waals surface area contributed by atoms with E-state index in [1.807, 2.05) is 42.5 Å². The first-order chi connectivity index (χ1) is 12.2. The maximum absolute atomic E-state index is 12.5. The summed E-state index contributed by atoms with van der Waals surface area (Å²) in [5.41, 5.74) is 3.37. The Balaban J connectivity index is 1.58. The van der Waals surface area contributed by atoms with Crippen LogP contribution in [0.4, 0.5) is 5.69 Å². The van der Waals surface area contributed by atoms with Gasteiger partial charge in [-0.15, -0.1) is 0 Å². The first kappa shape index (κ1) is 16.1. The van der Waals surface area contributed by atoms with E-state index in [4.69, 9.17) is 4.98 Å². The van der Waals surface area contributed by atoms with Crippen molar-refractivity contribution in [3.05, 3.63) is 70.6 Å². The Labute approximate surface area is 155 Å². The van der Waals surface area contributed by atoms with E-state index in [2.05, 4.69) is 32.0 Å². The highest BCUT2D eigenvalue weighted by Crippen LogP contribution is 2.25. The number of hydrogen-bond acceptors (Lipinski definition) is 2. The molecule has 25 heavy (non-hydrogen) atoms. The molecule has 1 N–H and O–H groups in total. The Kier molecular flexibility index (Phi) is 4.40. The van der Waals surface area contributed by atoms with Crippen LogP contribution in [0.2, 0.25) is 0 Å². The Bertz CT molecular complexity index is 909. The fourth-order valence-corrected chi connectivity index (χ4v) is 3.62. The van der Waals surface area contributed by atoms with E-state index >= 15 is 0 Å². The molecular formula is C20H18BrN3O. The highest BCUT2D eigenvalue weighted by Gasteiger charge is 2.14. The minimum Gasteiger partial charge on any atom is -0.334 e. The summed E-state index contributed by atoms with van der Waals surface area (Å²) < 4.78 is 3.02. The molecule has 0 bridgehead atoms. The van der Waals surface area contributed by atoms with Gasteiger partial charge < -0.3 is 9.88 Å². The molecule has 5 heteroatoms. The number of benzene rings is 2. The molecule has 1 aliphatic heterocycles. The number of carbonyl (C=O) groups excluding carboxylic acids is 1. The van der Waals surface area contributed by atoms with Gasteiger partial charge in [-0.2, -0.15) is 0 Å². The number of imidazole rings is 1. The Morgan fingerprint density at radius 1 is 1.12 bits per heavy atom. The third-order valence-electron chi connectivity index (χ3n) is 4.44. The van der Waals surface area contributed by atoms with Crippen LogP contribution in [0.25, 0.3) is 11.3 Å². The van der Waals surface area contributed by atoms with Gasteiger partial charge >= 0.3 is 0 Å². The molecule has 1 amide bonds. The van der Waals surface area contributed by atoms with E-state index < -0.39 is 0 Å². The third-order valence-corrected chi connectivity index (χ3v) is 5.13. The summed E-state index contributed by atoms with van der Waals surface area (Å²) in [4.78, 5) is 17.2. The lowest BCUT2D eigenvalue weighted by Gasteiger charge is -2.11. The lowest BCUT2D eigenvalue weighted by molar-refractivity contribution is 0.102. The number of nitrogens with zero attached hydrogens (tertiary/aromatic N) is 2. The number of aromatic nitrogens is 2. The van der Waals surface area contributed by atoms with E-state index in [0.717, 1.165) is 40.2 Å². The van der Waals surface area contributed by atoms with Gasteiger partial charge in [0.05, 0.1) is 11.3 Å². The summed E-state index contributed by atoms with van der Waals surface area (Å²) in [7, 11) is 0. The SMILES string of the molecule is O=C(Nc1cccc(-c2cn3c(n2)CCCC3)c1)c1ccccc1Br. The van der Waals surface area contributed by atoms with E-state index in [1.165, 1.54) is 12.8 Å². The Morgan fingerprint density at radius 3 is 2.84 bits per heavy atom. The largest absolute Gasteiger partial charge is 0.334 e. The minimum atomic E-state index is -0.131. The lowest BCUT2D eigenvalue weighted by Crippen LogP contribution is -2.12. The molecule has 0 saturated heterocycles. The van der Waals surface area contributed by atoms with Crippen molar-refractivity contribution in [1.29, 1.82) is 0 Å². The second kappa shape index (κ2) is 6.84. The predicted molar refractivity (Wildman–Crippen MR) is 103 cm³/mol. The van der Waals surface area contributed by atoms with Crippen LogP contribution >= 0.6 is 15.9 Å². The summed E-state index contributed by atoms with van der Waals surface area (Å²) in [6, 6.07) is 15.3. The van der Waals surface area contributed by atoms with Crippen molar-refractivity contribution in [2.75, 3.05) is 5.32 Å². The quantitative estimate of drug-likeness (QED) is 0.685. The third kappa shape index (κ3) is 3.37. The maximum atomic E-state index is 12.5. The van der Waals surface area contributed by atoms with Crippen LogP contribution in [-0.4, -0.2) is 15.5 Å². The summed E-state index contributed by atoms with van der Waals surface area (Å²) in [6.45, 7) is 1.04. The summed E-state index contributed by atoms with van der Waals surface area (Å²) >= 11 is 3.42. The molecule has 0 spiro atoms. The first-order valence-corrected chi connectivity index (χ1v) is 9.22. The van der Waals surface area contributed by atoms with Gasteiger partial charge in [0.1, 0.15) is 5.82 Å². The molecule has 2 aromatic carbocycles. The second-order valence-electron chi connectivity index (χ2n) is 6.21. The molecule has 0 radical (unpaired) electrons. The van der Waals surface area contributed by atoms with Gasteiger partial charge in [0.15, 0.2) is 0 Å². The Hall–Kier alpha value is -2.40. The van der Waals surface area contributed by atoms with E-state index in [-0.39, 0.29) is 5.91 Å². The lowest BCUT2D eigenvalue weighted by atomic mass is 10.1. The maximum Gasteiger partial charge on any atom is 0.256 e. The minimum absolute atomic E-state index is 0.131. The number of aryl methyl sites for hydroxylation is 2. The van der Waals surface area contributed by atoms with Crippen molar-refractivity contribution < 1.29 is 4.79 Å². The van der Waals surface area contributed by atoms with Crippen molar-refractivity contribution in [3.8, 4) is 11.3 Å². The van der Waals surface area contributed by atoms with Crippen molar-refractivity contribution >= 4 is 27.5 Å². The van der Waals surface area contributed by atoms with Crippen molar-refractivity contribution in [2.24, 2.45) is 0 Å². The van der Waals surface area contributed by atoms with E-state index in [1.54, 1.807) is 6.07 Å². The van der Waals surface area contributed by atoms with Gasteiger partial charge in [0.25, 0.3) is 5.91 Å². The molecule has 126 valence electrons. The number of nitrogens with one attached hydrogen (secondary N) is 1. The molecule has 0 unspecified atom stereocenters. The van der Waals surface area contributed by atoms with E-state index in [0.29, 0.717) is 5.56 Å².